The molecule has 2 heterocycles. The minimum Gasteiger partial charge on any atom is -0.481 e. The van der Waals surface area contributed by atoms with Crippen LogP contribution >= 0.6 is 0 Å². The molecule has 1 N–H and O–H groups in total. The molecule has 1 amide bonds. The first-order chi connectivity index (χ1) is 12.7. The van der Waals surface area contributed by atoms with Gasteiger partial charge in [0, 0.05) is 30.2 Å². The van der Waals surface area contributed by atoms with Gasteiger partial charge in [-0.2, -0.15) is 0 Å². The smallest absolute Gasteiger partial charge is 0.307 e. The van der Waals surface area contributed by atoms with E-state index in [2.05, 4.69) is 30.0 Å². The van der Waals surface area contributed by atoms with Gasteiger partial charge in [0.1, 0.15) is 0 Å². The van der Waals surface area contributed by atoms with Crippen LogP contribution in [0.2, 0.25) is 0 Å². The number of likely N-dealkylation sites (tertiary alicyclic amines) is 1. The van der Waals surface area contributed by atoms with Gasteiger partial charge in [-0.1, -0.05) is 32.9 Å². The number of piperidine rings is 1. The highest BCUT2D eigenvalue weighted by atomic mass is 16.4. The van der Waals surface area contributed by atoms with Crippen LogP contribution in [0.1, 0.15) is 51.7 Å². The van der Waals surface area contributed by atoms with Crippen molar-refractivity contribution in [3.63, 3.8) is 0 Å². The molecule has 0 bridgehead atoms. The number of carboxylic acid groups (broad SMARTS) is 1. The van der Waals surface area contributed by atoms with E-state index in [1.165, 1.54) is 11.1 Å². The molecule has 0 radical (unpaired) electrons. The monoisotopic (exact) mass is 372 g/mol. The van der Waals surface area contributed by atoms with E-state index < -0.39 is 5.97 Å². The lowest BCUT2D eigenvalue weighted by molar-refractivity contribution is -0.143. The molecule has 3 rings (SSSR count). The van der Waals surface area contributed by atoms with Gasteiger partial charge in [0.05, 0.1) is 5.92 Å². The van der Waals surface area contributed by atoms with Crippen molar-refractivity contribution >= 4 is 17.6 Å². The van der Waals surface area contributed by atoms with E-state index in [4.69, 9.17) is 0 Å². The summed E-state index contributed by atoms with van der Waals surface area (Å²) in [5.74, 6) is -0.721. The van der Waals surface area contributed by atoms with Gasteiger partial charge in [-0.15, -0.1) is 0 Å². The summed E-state index contributed by atoms with van der Waals surface area (Å²) in [5.41, 5.74) is 3.18. The standard InChI is InChI=1S/C22H32N2O3/c1-15-12-18-13-16(7-8-19(18)24(15)21(27)22(2,3)4)9-11-23-10-5-6-17(14-23)20(25)26/h7-8,13,15,17H,5-6,9-12,14H2,1-4H3,(H,25,26). The third-order valence-electron chi connectivity index (χ3n) is 5.79. The third kappa shape index (κ3) is 4.34. The fourth-order valence-corrected chi connectivity index (χ4v) is 4.26. The molecule has 1 aromatic rings. The van der Waals surface area contributed by atoms with Crippen molar-refractivity contribution in [3.8, 4) is 0 Å². The van der Waals surface area contributed by atoms with Crippen LogP contribution in [0, 0.1) is 11.3 Å². The topological polar surface area (TPSA) is 60.9 Å². The molecule has 0 saturated carbocycles. The zero-order valence-electron chi connectivity index (χ0n) is 17.0. The molecule has 2 aliphatic rings. The molecule has 1 aromatic carbocycles. The van der Waals surface area contributed by atoms with Gasteiger partial charge in [-0.25, -0.2) is 0 Å². The maximum absolute atomic E-state index is 12.8. The zero-order valence-corrected chi connectivity index (χ0v) is 17.0. The number of amides is 1. The molecule has 27 heavy (non-hydrogen) atoms. The predicted octanol–water partition coefficient (Wildman–Crippen LogP) is 3.35. The second-order valence-electron chi connectivity index (χ2n) is 9.17. The quantitative estimate of drug-likeness (QED) is 0.880. The normalized spacial score (nSPS) is 23.3. The van der Waals surface area contributed by atoms with Gasteiger partial charge in [-0.3, -0.25) is 9.59 Å². The first-order valence-electron chi connectivity index (χ1n) is 10.1. The van der Waals surface area contributed by atoms with Crippen molar-refractivity contribution in [1.82, 2.24) is 4.90 Å². The molecule has 0 aliphatic carbocycles. The van der Waals surface area contributed by atoms with E-state index in [1.807, 2.05) is 25.7 Å². The van der Waals surface area contributed by atoms with Crippen molar-refractivity contribution in [1.29, 1.82) is 0 Å². The Labute approximate surface area is 162 Å². The lowest BCUT2D eigenvalue weighted by Gasteiger charge is -2.30. The van der Waals surface area contributed by atoms with Crippen molar-refractivity contribution in [2.45, 2.75) is 59.4 Å². The molecule has 2 unspecified atom stereocenters. The van der Waals surface area contributed by atoms with Crippen LogP contribution in [0.25, 0.3) is 0 Å². The number of nitrogens with zero attached hydrogens (tertiary/aromatic N) is 2. The highest BCUT2D eigenvalue weighted by molar-refractivity contribution is 5.99. The minimum absolute atomic E-state index is 0.175. The summed E-state index contributed by atoms with van der Waals surface area (Å²) >= 11 is 0. The third-order valence-corrected chi connectivity index (χ3v) is 5.79. The van der Waals surface area contributed by atoms with Gasteiger partial charge in [0.15, 0.2) is 0 Å². The largest absolute Gasteiger partial charge is 0.481 e. The molecule has 5 nitrogen and oxygen atoms in total. The van der Waals surface area contributed by atoms with Crippen LogP contribution in [-0.4, -0.2) is 47.6 Å². The van der Waals surface area contributed by atoms with E-state index in [1.54, 1.807) is 0 Å². The first kappa shape index (κ1) is 19.9. The van der Waals surface area contributed by atoms with E-state index in [0.717, 1.165) is 44.5 Å². The van der Waals surface area contributed by atoms with Gasteiger partial charge in [0.25, 0.3) is 0 Å². The SMILES string of the molecule is CC1Cc2cc(CCN3CCCC(C(=O)O)C3)ccc2N1C(=O)C(C)(C)C. The maximum Gasteiger partial charge on any atom is 0.307 e. The van der Waals surface area contributed by atoms with E-state index in [0.29, 0.717) is 6.54 Å². The van der Waals surface area contributed by atoms with Crippen LogP contribution in [0.15, 0.2) is 18.2 Å². The Hall–Kier alpha value is -1.88. The summed E-state index contributed by atoms with van der Waals surface area (Å²) in [4.78, 5) is 28.3. The summed E-state index contributed by atoms with van der Waals surface area (Å²) in [6, 6.07) is 6.65. The number of anilines is 1. The maximum atomic E-state index is 12.8. The average molecular weight is 373 g/mol. The Bertz CT molecular complexity index is 723. The van der Waals surface area contributed by atoms with Crippen LogP contribution in [0.4, 0.5) is 5.69 Å². The Morgan fingerprint density at radius 2 is 2.00 bits per heavy atom. The summed E-state index contributed by atoms with van der Waals surface area (Å²) in [6.07, 6.45) is 3.57. The number of hydrogen-bond donors (Lipinski definition) is 1. The van der Waals surface area contributed by atoms with Crippen molar-refractivity contribution < 1.29 is 14.7 Å². The Morgan fingerprint density at radius 3 is 2.67 bits per heavy atom. The molecular weight excluding hydrogens is 340 g/mol. The number of carbonyl (C=O) groups excluding carboxylic acids is 1. The van der Waals surface area contributed by atoms with Crippen molar-refractivity contribution in [3.05, 3.63) is 29.3 Å². The van der Waals surface area contributed by atoms with Crippen LogP contribution < -0.4 is 4.90 Å². The highest BCUT2D eigenvalue weighted by Gasteiger charge is 2.36. The average Bonchev–Trinajstić information content (AvgIpc) is 2.93. The Kier molecular flexibility index (Phi) is 5.61. The highest BCUT2D eigenvalue weighted by Crippen LogP contribution is 2.36. The van der Waals surface area contributed by atoms with Crippen LogP contribution in [0.5, 0.6) is 0 Å². The van der Waals surface area contributed by atoms with Gasteiger partial charge in [0.2, 0.25) is 5.91 Å². The van der Waals surface area contributed by atoms with Gasteiger partial charge in [-0.05, 0) is 56.3 Å². The van der Waals surface area contributed by atoms with Gasteiger partial charge >= 0.3 is 5.97 Å². The predicted molar refractivity (Wildman–Crippen MR) is 107 cm³/mol. The fraction of sp³-hybridized carbons (Fsp3) is 0.636. The molecule has 2 aliphatic heterocycles. The summed E-state index contributed by atoms with van der Waals surface area (Å²) in [6.45, 7) is 10.6. The minimum atomic E-state index is -0.671. The molecule has 0 spiro atoms. The number of carboxylic acids is 1. The Balaban J connectivity index is 1.66. The number of rotatable bonds is 4. The summed E-state index contributed by atoms with van der Waals surface area (Å²) < 4.78 is 0. The molecule has 5 heteroatoms. The fourth-order valence-electron chi connectivity index (χ4n) is 4.26. The Morgan fingerprint density at radius 1 is 1.26 bits per heavy atom. The molecule has 1 saturated heterocycles. The number of carbonyl (C=O) groups is 2. The number of aliphatic carboxylic acids is 1. The molecule has 2 atom stereocenters. The molecule has 0 aromatic heterocycles. The van der Waals surface area contributed by atoms with Crippen LogP contribution in [0.3, 0.4) is 0 Å². The van der Waals surface area contributed by atoms with Crippen molar-refractivity contribution in [2.24, 2.45) is 11.3 Å². The van der Waals surface area contributed by atoms with Gasteiger partial charge < -0.3 is 14.9 Å². The number of fused-ring (bicyclic) bond motifs is 1. The summed E-state index contributed by atoms with van der Waals surface area (Å²) in [5, 5.41) is 9.24. The first-order valence-corrected chi connectivity index (χ1v) is 10.1. The molecule has 1 fully saturated rings. The van der Waals surface area contributed by atoms with Crippen molar-refractivity contribution in [2.75, 3.05) is 24.5 Å². The second kappa shape index (κ2) is 7.63. The second-order valence-corrected chi connectivity index (χ2v) is 9.17. The van der Waals surface area contributed by atoms with E-state index in [9.17, 15) is 14.7 Å². The van der Waals surface area contributed by atoms with E-state index >= 15 is 0 Å². The lowest BCUT2D eigenvalue weighted by atomic mass is 9.94. The molecular formula is C22H32N2O3. The number of hydrogen-bond acceptors (Lipinski definition) is 3. The number of benzene rings is 1. The summed E-state index contributed by atoms with van der Waals surface area (Å²) in [7, 11) is 0. The lowest BCUT2D eigenvalue weighted by Crippen LogP contribution is -2.42. The van der Waals surface area contributed by atoms with Crippen LogP contribution in [-0.2, 0) is 22.4 Å². The zero-order chi connectivity index (χ0) is 19.8. The van der Waals surface area contributed by atoms with E-state index in [-0.39, 0.29) is 23.3 Å². The molecule has 148 valence electrons.